The van der Waals surface area contributed by atoms with E-state index in [1.54, 1.807) is 6.07 Å². The zero-order valence-electron chi connectivity index (χ0n) is 9.87. The molecule has 1 aromatic rings. The highest BCUT2D eigenvalue weighted by molar-refractivity contribution is 14.1. The van der Waals surface area contributed by atoms with E-state index in [0.29, 0.717) is 23.9 Å². The molecule has 0 aliphatic carbocycles. The molecule has 2 unspecified atom stereocenters. The molecule has 0 bridgehead atoms. The molecule has 2 atom stereocenters. The minimum atomic E-state index is -0.177. The van der Waals surface area contributed by atoms with E-state index < -0.39 is 0 Å². The Hall–Kier alpha value is -0.370. The van der Waals surface area contributed by atoms with Crippen molar-refractivity contribution >= 4 is 45.8 Å². The van der Waals surface area contributed by atoms with Crippen molar-refractivity contribution in [1.82, 2.24) is 5.32 Å². The van der Waals surface area contributed by atoms with Gasteiger partial charge in [-0.1, -0.05) is 11.6 Å². The van der Waals surface area contributed by atoms with Crippen molar-refractivity contribution < 1.29 is 9.53 Å². The fourth-order valence-corrected chi connectivity index (χ4v) is 2.57. The highest BCUT2D eigenvalue weighted by atomic mass is 127. The van der Waals surface area contributed by atoms with E-state index in [9.17, 15) is 4.79 Å². The predicted molar refractivity (Wildman–Crippen MR) is 80.0 cm³/mol. The SMILES string of the molecule is CNC1COCC1C(=O)Nc1cc(I)ccc1Cl. The van der Waals surface area contributed by atoms with Crippen LogP contribution in [0.4, 0.5) is 5.69 Å². The number of hydrogen-bond acceptors (Lipinski definition) is 3. The molecule has 1 aliphatic heterocycles. The van der Waals surface area contributed by atoms with Gasteiger partial charge in [-0.3, -0.25) is 4.79 Å². The average molecular weight is 381 g/mol. The van der Waals surface area contributed by atoms with Crippen LogP contribution >= 0.6 is 34.2 Å². The van der Waals surface area contributed by atoms with Gasteiger partial charge in [-0.05, 0) is 47.8 Å². The Bertz CT molecular complexity index is 456. The monoisotopic (exact) mass is 380 g/mol. The van der Waals surface area contributed by atoms with Crippen molar-refractivity contribution in [2.75, 3.05) is 25.6 Å². The standard InChI is InChI=1S/C12H14ClIN2O2/c1-15-11-6-18-5-8(11)12(17)16-10-4-7(14)2-3-9(10)13/h2-4,8,11,15H,5-6H2,1H3,(H,16,17). The Balaban J connectivity index is 2.09. The summed E-state index contributed by atoms with van der Waals surface area (Å²) in [5.41, 5.74) is 0.648. The molecular weight excluding hydrogens is 367 g/mol. The first-order valence-electron chi connectivity index (χ1n) is 5.62. The lowest BCUT2D eigenvalue weighted by molar-refractivity contribution is -0.120. The number of amides is 1. The van der Waals surface area contributed by atoms with Crippen molar-refractivity contribution in [2.24, 2.45) is 5.92 Å². The molecule has 1 fully saturated rings. The van der Waals surface area contributed by atoms with Gasteiger partial charge in [-0.25, -0.2) is 0 Å². The van der Waals surface area contributed by atoms with E-state index in [-0.39, 0.29) is 17.9 Å². The van der Waals surface area contributed by atoms with Crippen molar-refractivity contribution in [1.29, 1.82) is 0 Å². The highest BCUT2D eigenvalue weighted by Gasteiger charge is 2.33. The number of nitrogens with one attached hydrogen (secondary N) is 2. The minimum absolute atomic E-state index is 0.0595. The number of benzene rings is 1. The summed E-state index contributed by atoms with van der Waals surface area (Å²) in [5.74, 6) is -0.236. The Morgan fingerprint density at radius 2 is 2.28 bits per heavy atom. The third-order valence-electron chi connectivity index (χ3n) is 2.97. The van der Waals surface area contributed by atoms with Crippen LogP contribution < -0.4 is 10.6 Å². The number of rotatable bonds is 3. The molecule has 0 saturated carbocycles. The largest absolute Gasteiger partial charge is 0.379 e. The van der Waals surface area contributed by atoms with E-state index in [2.05, 4.69) is 33.2 Å². The molecule has 1 saturated heterocycles. The molecule has 2 N–H and O–H groups in total. The first kappa shape index (κ1) is 14.0. The Kier molecular flexibility index (Phi) is 4.83. The van der Waals surface area contributed by atoms with Crippen LogP contribution in [0.25, 0.3) is 0 Å². The summed E-state index contributed by atoms with van der Waals surface area (Å²) < 4.78 is 6.34. The Labute approximate surface area is 125 Å². The topological polar surface area (TPSA) is 50.4 Å². The summed E-state index contributed by atoms with van der Waals surface area (Å²) in [6, 6.07) is 5.59. The van der Waals surface area contributed by atoms with Gasteiger partial charge in [0.15, 0.2) is 0 Å². The summed E-state index contributed by atoms with van der Waals surface area (Å²) in [5, 5.41) is 6.49. The lowest BCUT2D eigenvalue weighted by atomic mass is 10.0. The molecule has 98 valence electrons. The zero-order valence-corrected chi connectivity index (χ0v) is 12.8. The number of anilines is 1. The molecule has 1 aliphatic rings. The molecule has 0 aromatic heterocycles. The maximum atomic E-state index is 12.2. The fourth-order valence-electron chi connectivity index (χ4n) is 1.92. The molecular formula is C12H14ClIN2O2. The first-order chi connectivity index (χ1) is 8.61. The maximum Gasteiger partial charge on any atom is 0.231 e. The summed E-state index contributed by atoms with van der Waals surface area (Å²) in [4.78, 5) is 12.2. The van der Waals surface area contributed by atoms with Crippen LogP contribution in [0.1, 0.15) is 0 Å². The molecule has 0 radical (unpaired) electrons. The number of carbonyl (C=O) groups is 1. The highest BCUT2D eigenvalue weighted by Crippen LogP contribution is 2.25. The van der Waals surface area contributed by atoms with Gasteiger partial charge in [0.05, 0.1) is 29.8 Å². The third kappa shape index (κ3) is 3.14. The Morgan fingerprint density at radius 1 is 1.50 bits per heavy atom. The van der Waals surface area contributed by atoms with Gasteiger partial charge < -0.3 is 15.4 Å². The van der Waals surface area contributed by atoms with E-state index >= 15 is 0 Å². The van der Waals surface area contributed by atoms with Crippen LogP contribution in [0.5, 0.6) is 0 Å². The third-order valence-corrected chi connectivity index (χ3v) is 3.97. The van der Waals surface area contributed by atoms with Crippen LogP contribution in [0.2, 0.25) is 5.02 Å². The number of carbonyl (C=O) groups excluding carboxylic acids is 1. The molecule has 1 aromatic carbocycles. The van der Waals surface area contributed by atoms with Crippen molar-refractivity contribution in [3.63, 3.8) is 0 Å². The molecule has 4 nitrogen and oxygen atoms in total. The van der Waals surface area contributed by atoms with Gasteiger partial charge >= 0.3 is 0 Å². The molecule has 0 spiro atoms. The molecule has 2 rings (SSSR count). The second-order valence-corrected chi connectivity index (χ2v) is 5.81. The fraction of sp³-hybridized carbons (Fsp3) is 0.417. The predicted octanol–water partition coefficient (Wildman–Crippen LogP) is 2.12. The first-order valence-corrected chi connectivity index (χ1v) is 7.08. The molecule has 1 amide bonds. The quantitative estimate of drug-likeness (QED) is 0.790. The molecule has 6 heteroatoms. The number of likely N-dealkylation sites (N-methyl/N-ethyl adjacent to an activating group) is 1. The maximum absolute atomic E-state index is 12.2. The van der Waals surface area contributed by atoms with Crippen LogP contribution in [-0.4, -0.2) is 32.2 Å². The number of hydrogen-bond donors (Lipinski definition) is 2. The van der Waals surface area contributed by atoms with Crippen molar-refractivity contribution in [2.45, 2.75) is 6.04 Å². The van der Waals surface area contributed by atoms with Gasteiger partial charge in [0.1, 0.15) is 0 Å². The van der Waals surface area contributed by atoms with Crippen molar-refractivity contribution in [3.05, 3.63) is 26.8 Å². The second-order valence-electron chi connectivity index (χ2n) is 4.15. The Morgan fingerprint density at radius 3 is 3.00 bits per heavy atom. The number of halogens is 2. The normalized spacial score (nSPS) is 23.1. The van der Waals surface area contributed by atoms with E-state index in [4.69, 9.17) is 16.3 Å². The lowest BCUT2D eigenvalue weighted by Gasteiger charge is -2.17. The van der Waals surface area contributed by atoms with E-state index in [0.717, 1.165) is 3.57 Å². The van der Waals surface area contributed by atoms with Crippen LogP contribution in [-0.2, 0) is 9.53 Å². The second kappa shape index (κ2) is 6.18. The smallest absolute Gasteiger partial charge is 0.231 e. The van der Waals surface area contributed by atoms with Gasteiger partial charge in [0.2, 0.25) is 5.91 Å². The zero-order chi connectivity index (χ0) is 13.1. The van der Waals surface area contributed by atoms with Gasteiger partial charge in [-0.2, -0.15) is 0 Å². The molecule has 18 heavy (non-hydrogen) atoms. The van der Waals surface area contributed by atoms with E-state index in [1.165, 1.54) is 0 Å². The van der Waals surface area contributed by atoms with Crippen LogP contribution in [0, 0.1) is 9.49 Å². The average Bonchev–Trinajstić information content (AvgIpc) is 2.82. The van der Waals surface area contributed by atoms with Crippen molar-refractivity contribution in [3.8, 4) is 0 Å². The summed E-state index contributed by atoms with van der Waals surface area (Å²) >= 11 is 8.23. The van der Waals surface area contributed by atoms with E-state index in [1.807, 2.05) is 19.2 Å². The number of ether oxygens (including phenoxy) is 1. The van der Waals surface area contributed by atoms with Gasteiger partial charge in [-0.15, -0.1) is 0 Å². The molecule has 1 heterocycles. The van der Waals surface area contributed by atoms with Crippen LogP contribution in [0.3, 0.4) is 0 Å². The van der Waals surface area contributed by atoms with Crippen LogP contribution in [0.15, 0.2) is 18.2 Å². The minimum Gasteiger partial charge on any atom is -0.379 e. The van der Waals surface area contributed by atoms with Gasteiger partial charge in [0, 0.05) is 9.61 Å². The summed E-state index contributed by atoms with van der Waals surface area (Å²) in [7, 11) is 1.83. The summed E-state index contributed by atoms with van der Waals surface area (Å²) in [6.07, 6.45) is 0. The lowest BCUT2D eigenvalue weighted by Crippen LogP contribution is -2.39. The van der Waals surface area contributed by atoms with Gasteiger partial charge in [0.25, 0.3) is 0 Å². The summed E-state index contributed by atoms with van der Waals surface area (Å²) in [6.45, 7) is 1.01.